The lowest BCUT2D eigenvalue weighted by Crippen LogP contribution is -2.48. The summed E-state index contributed by atoms with van der Waals surface area (Å²) < 4.78 is 5.30. The topological polar surface area (TPSA) is 56.4 Å². The minimum atomic E-state index is 0.604. The van der Waals surface area contributed by atoms with E-state index in [1.54, 1.807) is 7.11 Å². The number of ether oxygens (including phenoxy) is 1. The summed E-state index contributed by atoms with van der Waals surface area (Å²) in [6, 6.07) is 8.84. The van der Waals surface area contributed by atoms with E-state index in [0.29, 0.717) is 6.04 Å². The molecule has 2 aliphatic heterocycles. The fourth-order valence-electron chi connectivity index (χ4n) is 4.65. The number of benzene rings is 1. The van der Waals surface area contributed by atoms with Crippen LogP contribution in [0.3, 0.4) is 0 Å². The Kier molecular flexibility index (Phi) is 7.19. The van der Waals surface area contributed by atoms with Gasteiger partial charge in [-0.3, -0.25) is 10.00 Å². The number of hydrogen-bond acceptors (Lipinski definition) is 5. The van der Waals surface area contributed by atoms with Gasteiger partial charge in [0.05, 0.1) is 19.0 Å². The van der Waals surface area contributed by atoms with E-state index in [4.69, 9.17) is 4.74 Å². The molecule has 2 fully saturated rings. The monoisotopic (exact) mass is 397 g/mol. The van der Waals surface area contributed by atoms with Gasteiger partial charge in [0, 0.05) is 43.3 Å². The Labute approximate surface area is 174 Å². The second-order valence-corrected chi connectivity index (χ2v) is 8.37. The van der Waals surface area contributed by atoms with Crippen LogP contribution in [-0.2, 0) is 6.54 Å². The van der Waals surface area contributed by atoms with E-state index >= 15 is 0 Å². The molecule has 158 valence electrons. The van der Waals surface area contributed by atoms with Crippen molar-refractivity contribution in [3.8, 4) is 17.0 Å². The molecular formula is C23H35N5O. The van der Waals surface area contributed by atoms with Crippen molar-refractivity contribution < 1.29 is 4.74 Å². The molecule has 2 N–H and O–H groups in total. The zero-order valence-electron chi connectivity index (χ0n) is 17.7. The van der Waals surface area contributed by atoms with Gasteiger partial charge in [0.15, 0.2) is 0 Å². The van der Waals surface area contributed by atoms with Crippen molar-refractivity contribution in [2.45, 2.75) is 44.7 Å². The number of nitrogens with one attached hydrogen (secondary N) is 2. The Balaban J connectivity index is 1.47. The van der Waals surface area contributed by atoms with Gasteiger partial charge in [-0.15, -0.1) is 0 Å². The molecule has 4 rings (SSSR count). The molecule has 1 unspecified atom stereocenters. The summed E-state index contributed by atoms with van der Waals surface area (Å²) in [5.41, 5.74) is 3.56. The molecule has 0 spiro atoms. The lowest BCUT2D eigenvalue weighted by atomic mass is 10.0. The Morgan fingerprint density at radius 3 is 2.69 bits per heavy atom. The van der Waals surface area contributed by atoms with Gasteiger partial charge in [-0.2, -0.15) is 5.10 Å². The van der Waals surface area contributed by atoms with Crippen molar-refractivity contribution in [2.75, 3.05) is 46.4 Å². The van der Waals surface area contributed by atoms with Gasteiger partial charge in [0.2, 0.25) is 0 Å². The maximum absolute atomic E-state index is 5.30. The highest BCUT2D eigenvalue weighted by molar-refractivity contribution is 5.63. The van der Waals surface area contributed by atoms with E-state index < -0.39 is 0 Å². The molecule has 1 aromatic heterocycles. The number of hydrogen-bond donors (Lipinski definition) is 2. The summed E-state index contributed by atoms with van der Waals surface area (Å²) in [6.07, 6.45) is 8.66. The van der Waals surface area contributed by atoms with Crippen molar-refractivity contribution in [3.05, 3.63) is 36.0 Å². The van der Waals surface area contributed by atoms with Crippen molar-refractivity contribution >= 4 is 0 Å². The highest BCUT2D eigenvalue weighted by atomic mass is 16.5. The smallest absolute Gasteiger partial charge is 0.118 e. The van der Waals surface area contributed by atoms with E-state index in [1.807, 2.05) is 18.3 Å². The molecule has 2 saturated heterocycles. The average Bonchev–Trinajstić information content (AvgIpc) is 3.26. The minimum Gasteiger partial charge on any atom is -0.497 e. The Hall–Kier alpha value is -1.89. The first kappa shape index (κ1) is 20.4. The predicted molar refractivity (Wildman–Crippen MR) is 117 cm³/mol. The fourth-order valence-corrected chi connectivity index (χ4v) is 4.65. The number of nitrogens with zero attached hydrogens (tertiary/aromatic N) is 3. The van der Waals surface area contributed by atoms with Crippen molar-refractivity contribution in [2.24, 2.45) is 0 Å². The van der Waals surface area contributed by atoms with Gasteiger partial charge < -0.3 is 15.0 Å². The molecule has 1 atom stereocenters. The lowest BCUT2D eigenvalue weighted by molar-refractivity contribution is 0.125. The highest BCUT2D eigenvalue weighted by Gasteiger charge is 2.23. The van der Waals surface area contributed by atoms with Gasteiger partial charge >= 0.3 is 0 Å². The highest BCUT2D eigenvalue weighted by Crippen LogP contribution is 2.26. The first-order chi connectivity index (χ1) is 14.3. The van der Waals surface area contributed by atoms with Gasteiger partial charge in [-0.25, -0.2) is 0 Å². The first-order valence-corrected chi connectivity index (χ1v) is 11.2. The largest absolute Gasteiger partial charge is 0.497 e. The van der Waals surface area contributed by atoms with Crippen LogP contribution in [0.2, 0.25) is 0 Å². The first-order valence-electron chi connectivity index (χ1n) is 11.2. The molecule has 0 aliphatic carbocycles. The molecule has 6 nitrogen and oxygen atoms in total. The molecule has 0 amide bonds. The zero-order chi connectivity index (χ0) is 19.9. The van der Waals surface area contributed by atoms with Crippen LogP contribution in [0.5, 0.6) is 5.75 Å². The summed E-state index contributed by atoms with van der Waals surface area (Å²) in [6.45, 7) is 8.01. The number of H-pyrrole nitrogens is 1. The molecule has 3 heterocycles. The van der Waals surface area contributed by atoms with Gasteiger partial charge in [0.1, 0.15) is 5.75 Å². The maximum Gasteiger partial charge on any atom is 0.118 e. The van der Waals surface area contributed by atoms with Crippen LogP contribution in [0.1, 0.15) is 37.7 Å². The minimum absolute atomic E-state index is 0.604. The number of likely N-dealkylation sites (tertiary alicyclic amines) is 1. The molecule has 0 saturated carbocycles. The molecule has 0 radical (unpaired) electrons. The summed E-state index contributed by atoms with van der Waals surface area (Å²) in [7, 11) is 1.70. The van der Waals surface area contributed by atoms with Crippen LogP contribution in [0.4, 0.5) is 0 Å². The summed E-state index contributed by atoms with van der Waals surface area (Å²) >= 11 is 0. The third-order valence-electron chi connectivity index (χ3n) is 6.41. The summed E-state index contributed by atoms with van der Waals surface area (Å²) in [4.78, 5) is 5.32. The van der Waals surface area contributed by atoms with Crippen LogP contribution in [0.25, 0.3) is 11.3 Å². The summed E-state index contributed by atoms with van der Waals surface area (Å²) in [5, 5.41) is 11.2. The molecule has 6 heteroatoms. The normalized spacial score (nSPS) is 20.8. The number of methoxy groups -OCH3 is 1. The van der Waals surface area contributed by atoms with E-state index in [1.165, 1.54) is 57.3 Å². The van der Waals surface area contributed by atoms with Crippen molar-refractivity contribution in [3.63, 3.8) is 0 Å². The molecule has 0 bridgehead atoms. The number of rotatable bonds is 8. The van der Waals surface area contributed by atoms with Gasteiger partial charge in [-0.1, -0.05) is 6.42 Å². The number of aromatic nitrogens is 2. The summed E-state index contributed by atoms with van der Waals surface area (Å²) in [5.74, 6) is 0.881. The van der Waals surface area contributed by atoms with Gasteiger partial charge in [0.25, 0.3) is 0 Å². The molecule has 29 heavy (non-hydrogen) atoms. The van der Waals surface area contributed by atoms with Crippen LogP contribution in [-0.4, -0.2) is 72.4 Å². The lowest BCUT2D eigenvalue weighted by Gasteiger charge is -2.36. The molecule has 2 aliphatic rings. The van der Waals surface area contributed by atoms with Crippen LogP contribution in [0, 0.1) is 0 Å². The quantitative estimate of drug-likeness (QED) is 0.717. The molecule has 1 aromatic carbocycles. The maximum atomic E-state index is 5.30. The second kappa shape index (κ2) is 10.2. The second-order valence-electron chi connectivity index (χ2n) is 8.37. The third kappa shape index (κ3) is 5.38. The van der Waals surface area contributed by atoms with E-state index in [-0.39, 0.29) is 0 Å². The van der Waals surface area contributed by atoms with Crippen molar-refractivity contribution in [1.82, 2.24) is 25.3 Å². The SMILES string of the molecule is COc1ccc(-c2[nH]ncc2CN(CCN2CCCCC2)C2CCCNC2)cc1. The third-order valence-corrected chi connectivity index (χ3v) is 6.41. The van der Waals surface area contributed by atoms with E-state index in [2.05, 4.69) is 37.4 Å². The van der Waals surface area contributed by atoms with Crippen LogP contribution >= 0.6 is 0 Å². The van der Waals surface area contributed by atoms with Gasteiger partial charge in [-0.05, 0) is 69.6 Å². The zero-order valence-corrected chi connectivity index (χ0v) is 17.7. The molecule has 2 aromatic rings. The van der Waals surface area contributed by atoms with E-state index in [0.717, 1.165) is 43.2 Å². The van der Waals surface area contributed by atoms with E-state index in [9.17, 15) is 0 Å². The van der Waals surface area contributed by atoms with Crippen LogP contribution in [0.15, 0.2) is 30.5 Å². The molecular weight excluding hydrogens is 362 g/mol. The Morgan fingerprint density at radius 2 is 1.97 bits per heavy atom. The Morgan fingerprint density at radius 1 is 1.14 bits per heavy atom. The van der Waals surface area contributed by atoms with Crippen molar-refractivity contribution in [1.29, 1.82) is 0 Å². The average molecular weight is 398 g/mol. The number of aromatic amines is 1. The number of piperidine rings is 2. The standard InChI is InChI=1S/C23H35N5O/c1-29-22-9-7-19(8-10-22)23-20(16-25-26-23)18-28(21-6-5-11-24-17-21)15-14-27-12-3-2-4-13-27/h7-10,16,21,24H,2-6,11-15,17-18H2,1H3,(H,25,26). The fraction of sp³-hybridized carbons (Fsp3) is 0.609. The Bertz CT molecular complexity index is 732. The van der Waals surface area contributed by atoms with Crippen LogP contribution < -0.4 is 10.1 Å². The predicted octanol–water partition coefficient (Wildman–Crippen LogP) is 3.13.